The van der Waals surface area contributed by atoms with Crippen molar-refractivity contribution in [3.05, 3.63) is 116 Å². The van der Waals surface area contributed by atoms with Crippen LogP contribution in [-0.2, 0) is 24.4 Å². The third-order valence-electron chi connectivity index (χ3n) is 7.09. The predicted octanol–water partition coefficient (Wildman–Crippen LogP) is 7.11. The molecule has 214 valence electrons. The average Bonchev–Trinajstić information content (AvgIpc) is 2.94. The first-order valence-corrected chi connectivity index (χ1v) is 13.3. The summed E-state index contributed by atoms with van der Waals surface area (Å²) in [4.78, 5) is 38.6. The first kappa shape index (κ1) is 29.2. The van der Waals surface area contributed by atoms with Gasteiger partial charge < -0.3 is 15.0 Å². The second kappa shape index (κ2) is 11.2. The van der Waals surface area contributed by atoms with E-state index in [9.17, 15) is 32.7 Å². The van der Waals surface area contributed by atoms with Gasteiger partial charge in [0.25, 0.3) is 11.5 Å². The Hall–Kier alpha value is -4.34. The van der Waals surface area contributed by atoms with Crippen LogP contribution < -0.4 is 10.9 Å². The molecule has 0 unspecified atom stereocenters. The van der Waals surface area contributed by atoms with Crippen LogP contribution in [0.4, 0.5) is 13.2 Å². The minimum absolute atomic E-state index is 0.0383. The van der Waals surface area contributed by atoms with Crippen LogP contribution in [-0.4, -0.2) is 27.6 Å². The van der Waals surface area contributed by atoms with Crippen LogP contribution in [0.1, 0.15) is 21.5 Å². The Balaban J connectivity index is 1.65. The molecule has 1 aromatic heterocycles. The second-order valence-electron chi connectivity index (χ2n) is 9.61. The van der Waals surface area contributed by atoms with Crippen molar-refractivity contribution in [3.8, 4) is 11.1 Å². The van der Waals surface area contributed by atoms with Crippen molar-refractivity contribution in [3.63, 3.8) is 0 Å². The first-order valence-electron chi connectivity index (χ1n) is 12.6. The number of aromatic nitrogens is 1. The Morgan fingerprint density at radius 3 is 2.10 bits per heavy atom. The summed E-state index contributed by atoms with van der Waals surface area (Å²) < 4.78 is 44.9. The third-order valence-corrected chi connectivity index (χ3v) is 7.72. The van der Waals surface area contributed by atoms with Crippen LogP contribution >= 0.6 is 23.2 Å². The summed E-state index contributed by atoms with van der Waals surface area (Å²) >= 11 is 12.2. The highest BCUT2D eigenvalue weighted by atomic mass is 35.5. The summed E-state index contributed by atoms with van der Waals surface area (Å²) in [5.41, 5.74) is -1.86. The van der Waals surface area contributed by atoms with Crippen LogP contribution in [0.2, 0.25) is 10.0 Å². The number of alkyl halides is 3. The Bertz CT molecular complexity index is 1930. The van der Waals surface area contributed by atoms with Gasteiger partial charge in [-0.3, -0.25) is 9.59 Å². The maximum absolute atomic E-state index is 14.6. The standard InChI is InChI=1S/C31H21Cl2F3N2O4/c1-38-24-12-5-4-9-20(24)27(31(34,35)36)25(29(38)40)19-14-13-16(17-7-2-3-8-18(17)19)15-23(30(41)42)37-28(39)26-21(32)10-6-11-22(26)33/h2-14,23H,15H2,1H3,(H,37,39)(H,41,42)/t23-/m0/s1. The molecule has 42 heavy (non-hydrogen) atoms. The van der Waals surface area contributed by atoms with Crippen molar-refractivity contribution >= 4 is 56.8 Å². The molecule has 6 nitrogen and oxygen atoms in total. The van der Waals surface area contributed by atoms with Crippen molar-refractivity contribution in [1.29, 1.82) is 0 Å². The monoisotopic (exact) mass is 612 g/mol. The van der Waals surface area contributed by atoms with Gasteiger partial charge in [-0.2, -0.15) is 13.2 Å². The molecular formula is C31H21Cl2F3N2O4. The van der Waals surface area contributed by atoms with Crippen molar-refractivity contribution in [2.75, 3.05) is 0 Å². The molecular weight excluding hydrogens is 592 g/mol. The Morgan fingerprint density at radius 2 is 1.48 bits per heavy atom. The summed E-state index contributed by atoms with van der Waals surface area (Å²) in [7, 11) is 1.41. The quantitative estimate of drug-likeness (QED) is 0.214. The summed E-state index contributed by atoms with van der Waals surface area (Å²) in [6.45, 7) is 0. The van der Waals surface area contributed by atoms with Gasteiger partial charge in [0.15, 0.2) is 0 Å². The number of carboxylic acid groups (broad SMARTS) is 1. The number of nitrogens with one attached hydrogen (secondary N) is 1. The third kappa shape index (κ3) is 5.21. The number of hydrogen-bond acceptors (Lipinski definition) is 3. The van der Waals surface area contributed by atoms with Gasteiger partial charge in [-0.25, -0.2) is 4.79 Å². The number of carboxylic acids is 1. The molecule has 0 aliphatic rings. The number of aryl methyl sites for hydroxylation is 1. The molecule has 0 saturated carbocycles. The molecule has 5 rings (SSSR count). The maximum Gasteiger partial charge on any atom is 0.417 e. The highest BCUT2D eigenvalue weighted by Crippen LogP contribution is 2.42. The van der Waals surface area contributed by atoms with Gasteiger partial charge in [0, 0.05) is 18.9 Å². The van der Waals surface area contributed by atoms with Crippen LogP contribution in [0.25, 0.3) is 32.8 Å². The lowest BCUT2D eigenvalue weighted by Gasteiger charge is -2.20. The van der Waals surface area contributed by atoms with Crippen LogP contribution in [0, 0.1) is 0 Å². The molecule has 0 radical (unpaired) electrons. The van der Waals surface area contributed by atoms with Crippen LogP contribution in [0.5, 0.6) is 0 Å². The number of amides is 1. The molecule has 1 heterocycles. The largest absolute Gasteiger partial charge is 0.480 e. The summed E-state index contributed by atoms with van der Waals surface area (Å²) in [5.74, 6) is -2.14. The number of aliphatic carboxylic acids is 1. The SMILES string of the molecule is Cn1c(=O)c(-c2ccc(C[C@H](NC(=O)c3c(Cl)cccc3Cl)C(=O)O)c3ccccc23)c(C(F)(F)F)c2ccccc21. The predicted molar refractivity (Wildman–Crippen MR) is 156 cm³/mol. The van der Waals surface area contributed by atoms with E-state index >= 15 is 0 Å². The number of hydrogen-bond donors (Lipinski definition) is 2. The lowest BCUT2D eigenvalue weighted by molar-refractivity contribution is -0.139. The zero-order valence-electron chi connectivity index (χ0n) is 21.8. The second-order valence-corrected chi connectivity index (χ2v) is 10.4. The maximum atomic E-state index is 14.6. The Kier molecular flexibility index (Phi) is 7.74. The topological polar surface area (TPSA) is 88.4 Å². The lowest BCUT2D eigenvalue weighted by Crippen LogP contribution is -2.42. The zero-order valence-corrected chi connectivity index (χ0v) is 23.3. The van der Waals surface area contributed by atoms with E-state index in [1.165, 1.54) is 60.1 Å². The first-order chi connectivity index (χ1) is 19.9. The number of halogens is 5. The number of fused-ring (bicyclic) bond motifs is 2. The molecule has 0 aliphatic carbocycles. The fourth-order valence-electron chi connectivity index (χ4n) is 5.16. The Labute approximate surface area is 246 Å². The molecule has 0 bridgehead atoms. The highest BCUT2D eigenvalue weighted by Gasteiger charge is 2.38. The minimum atomic E-state index is -4.85. The summed E-state index contributed by atoms with van der Waals surface area (Å²) in [6, 6.07) is 18.1. The number of para-hydroxylation sites is 1. The average molecular weight is 613 g/mol. The smallest absolute Gasteiger partial charge is 0.417 e. The number of carbonyl (C=O) groups excluding carboxylic acids is 1. The van der Waals surface area contributed by atoms with Gasteiger partial charge in [-0.15, -0.1) is 0 Å². The van der Waals surface area contributed by atoms with Gasteiger partial charge in [0.1, 0.15) is 6.04 Å². The molecule has 5 aromatic rings. The van der Waals surface area contributed by atoms with Crippen molar-refractivity contribution < 1.29 is 27.9 Å². The van der Waals surface area contributed by atoms with E-state index in [0.717, 1.165) is 0 Å². The van der Waals surface area contributed by atoms with E-state index < -0.39 is 40.8 Å². The van der Waals surface area contributed by atoms with E-state index in [-0.39, 0.29) is 38.5 Å². The van der Waals surface area contributed by atoms with Gasteiger partial charge in [0.2, 0.25) is 0 Å². The summed E-state index contributed by atoms with van der Waals surface area (Å²) in [5, 5.41) is 13.0. The molecule has 1 atom stereocenters. The van der Waals surface area contributed by atoms with Gasteiger partial charge in [-0.05, 0) is 40.1 Å². The normalized spacial score (nSPS) is 12.4. The highest BCUT2D eigenvalue weighted by molar-refractivity contribution is 6.39. The lowest BCUT2D eigenvalue weighted by atomic mass is 9.89. The van der Waals surface area contributed by atoms with Crippen LogP contribution in [0.3, 0.4) is 0 Å². The number of rotatable bonds is 6. The van der Waals surface area contributed by atoms with Gasteiger partial charge in [0.05, 0.1) is 32.3 Å². The molecule has 4 aromatic carbocycles. The summed E-state index contributed by atoms with van der Waals surface area (Å²) in [6.07, 6.45) is -5.06. The fourth-order valence-corrected chi connectivity index (χ4v) is 5.73. The number of nitrogens with zero attached hydrogens (tertiary/aromatic N) is 1. The fraction of sp³-hybridized carbons (Fsp3) is 0.129. The number of benzene rings is 4. The number of carbonyl (C=O) groups is 2. The van der Waals surface area contributed by atoms with E-state index in [0.29, 0.717) is 16.3 Å². The molecule has 0 aliphatic heterocycles. The molecule has 0 saturated heterocycles. The van der Waals surface area contributed by atoms with Crippen molar-refractivity contribution in [2.45, 2.75) is 18.6 Å². The van der Waals surface area contributed by atoms with E-state index in [4.69, 9.17) is 23.2 Å². The van der Waals surface area contributed by atoms with E-state index in [2.05, 4.69) is 5.32 Å². The van der Waals surface area contributed by atoms with E-state index in [1.807, 2.05) is 0 Å². The Morgan fingerprint density at radius 1 is 0.881 bits per heavy atom. The van der Waals surface area contributed by atoms with E-state index in [1.54, 1.807) is 30.3 Å². The van der Waals surface area contributed by atoms with Crippen molar-refractivity contribution in [1.82, 2.24) is 9.88 Å². The molecule has 2 N–H and O–H groups in total. The molecule has 0 spiro atoms. The number of pyridine rings is 1. The van der Waals surface area contributed by atoms with Gasteiger partial charge in [-0.1, -0.05) is 83.9 Å². The molecule has 0 fully saturated rings. The van der Waals surface area contributed by atoms with Crippen LogP contribution in [0.15, 0.2) is 83.7 Å². The zero-order chi connectivity index (χ0) is 30.3. The van der Waals surface area contributed by atoms with Gasteiger partial charge >= 0.3 is 12.1 Å². The minimum Gasteiger partial charge on any atom is -0.480 e. The van der Waals surface area contributed by atoms with Crippen molar-refractivity contribution in [2.24, 2.45) is 7.05 Å². The molecule has 11 heteroatoms. The molecule has 1 amide bonds.